The number of aryl methyl sites for hydroxylation is 2. The number of hydrogen-bond donors (Lipinski definition) is 1. The molecule has 0 radical (unpaired) electrons. The molecular formula is C14H14Cl2N2O2. The van der Waals surface area contributed by atoms with E-state index in [0.29, 0.717) is 0 Å². The first-order valence-electron chi connectivity index (χ1n) is 6.32. The smallest absolute Gasteiger partial charge is 0.288 e. The quantitative estimate of drug-likeness (QED) is 0.869. The highest BCUT2D eigenvalue weighted by atomic mass is 35.5. The van der Waals surface area contributed by atoms with Crippen molar-refractivity contribution >= 4 is 40.7 Å². The number of halogens is 2. The summed E-state index contributed by atoms with van der Waals surface area (Å²) >= 11 is 11.4. The molecule has 1 heterocycles. The van der Waals surface area contributed by atoms with Gasteiger partial charge in [-0.2, -0.15) is 5.01 Å². The Morgan fingerprint density at radius 1 is 1.00 bits per heavy atom. The predicted molar refractivity (Wildman–Crippen MR) is 79.4 cm³/mol. The molecule has 0 bridgehead atoms. The Morgan fingerprint density at radius 3 is 1.85 bits per heavy atom. The summed E-state index contributed by atoms with van der Waals surface area (Å²) < 4.78 is 0. The van der Waals surface area contributed by atoms with Crippen LogP contribution >= 0.6 is 23.2 Å². The number of para-hydroxylation sites is 1. The number of carbonyl (C=O) groups excluding carboxylic acids is 2. The highest BCUT2D eigenvalue weighted by molar-refractivity contribution is 6.58. The summed E-state index contributed by atoms with van der Waals surface area (Å²) in [4.78, 5) is 23.8. The van der Waals surface area contributed by atoms with Crippen molar-refractivity contribution in [3.8, 4) is 0 Å². The molecule has 0 saturated carbocycles. The van der Waals surface area contributed by atoms with Crippen LogP contribution in [-0.4, -0.2) is 16.8 Å². The standard InChI is InChI=1S/C14H14Cl2N2O2/c1-3-8-6-5-7-9(4-2)12(8)17-18-13(19)10(15)11(16)14(18)20/h5-7,17H,3-4H2,1-2H3. The Hall–Kier alpha value is -1.52. The SMILES string of the molecule is CCc1cccc(CC)c1NN1C(=O)C(Cl)=C(Cl)C1=O. The molecule has 0 saturated heterocycles. The summed E-state index contributed by atoms with van der Waals surface area (Å²) in [6.07, 6.45) is 1.56. The molecule has 1 aromatic rings. The minimum Gasteiger partial charge on any atom is -0.288 e. The average Bonchev–Trinajstić information content (AvgIpc) is 2.65. The first-order chi connectivity index (χ1) is 9.51. The molecule has 0 aromatic heterocycles. The zero-order valence-corrected chi connectivity index (χ0v) is 12.7. The number of imide groups is 1. The Morgan fingerprint density at radius 2 is 1.45 bits per heavy atom. The van der Waals surface area contributed by atoms with Gasteiger partial charge in [0.25, 0.3) is 11.8 Å². The maximum absolute atomic E-state index is 11.9. The van der Waals surface area contributed by atoms with Crippen LogP contribution in [0.1, 0.15) is 25.0 Å². The predicted octanol–water partition coefficient (Wildman–Crippen LogP) is 3.20. The molecule has 0 aliphatic carbocycles. The summed E-state index contributed by atoms with van der Waals surface area (Å²) in [7, 11) is 0. The normalized spacial score (nSPS) is 15.3. The summed E-state index contributed by atoms with van der Waals surface area (Å²) in [6.45, 7) is 4.01. The van der Waals surface area contributed by atoms with Crippen molar-refractivity contribution in [2.75, 3.05) is 5.43 Å². The number of nitrogens with one attached hydrogen (secondary N) is 1. The van der Waals surface area contributed by atoms with E-state index >= 15 is 0 Å². The fraction of sp³-hybridized carbons (Fsp3) is 0.286. The Kier molecular flexibility index (Phi) is 4.35. The number of nitrogens with zero attached hydrogens (tertiary/aromatic N) is 1. The fourth-order valence-corrected chi connectivity index (χ4v) is 2.41. The number of hydrogen-bond acceptors (Lipinski definition) is 3. The van der Waals surface area contributed by atoms with Crippen molar-refractivity contribution in [2.45, 2.75) is 26.7 Å². The zero-order chi connectivity index (χ0) is 14.9. The molecule has 1 aliphatic rings. The van der Waals surface area contributed by atoms with Crippen LogP contribution in [0.15, 0.2) is 28.3 Å². The minimum absolute atomic E-state index is 0.254. The number of anilines is 1. The maximum atomic E-state index is 11.9. The molecule has 20 heavy (non-hydrogen) atoms. The van der Waals surface area contributed by atoms with Gasteiger partial charge >= 0.3 is 0 Å². The third-order valence-corrected chi connectivity index (χ3v) is 3.99. The summed E-state index contributed by atoms with van der Waals surface area (Å²) in [6, 6.07) is 5.85. The van der Waals surface area contributed by atoms with E-state index in [4.69, 9.17) is 23.2 Å². The molecular weight excluding hydrogens is 299 g/mol. The van der Waals surface area contributed by atoms with E-state index in [1.165, 1.54) is 0 Å². The number of rotatable bonds is 4. The van der Waals surface area contributed by atoms with Gasteiger partial charge in [0, 0.05) is 0 Å². The summed E-state index contributed by atoms with van der Waals surface area (Å²) in [5, 5.41) is 0.352. The van der Waals surface area contributed by atoms with Crippen molar-refractivity contribution in [3.05, 3.63) is 39.4 Å². The molecule has 0 atom stereocenters. The van der Waals surface area contributed by atoms with E-state index in [0.717, 1.165) is 34.7 Å². The van der Waals surface area contributed by atoms with Crippen molar-refractivity contribution in [1.29, 1.82) is 0 Å². The number of amides is 2. The van der Waals surface area contributed by atoms with Gasteiger partial charge in [0.2, 0.25) is 0 Å². The van der Waals surface area contributed by atoms with Gasteiger partial charge in [-0.15, -0.1) is 0 Å². The third kappa shape index (κ3) is 2.41. The Bertz CT molecular complexity index is 565. The van der Waals surface area contributed by atoms with Gasteiger partial charge in [-0.3, -0.25) is 15.0 Å². The second-order valence-corrected chi connectivity index (χ2v) is 5.10. The largest absolute Gasteiger partial charge is 0.292 e. The lowest BCUT2D eigenvalue weighted by Crippen LogP contribution is -2.37. The summed E-state index contributed by atoms with van der Waals surface area (Å²) in [5.74, 6) is -1.26. The number of carbonyl (C=O) groups is 2. The van der Waals surface area contributed by atoms with E-state index in [2.05, 4.69) is 5.43 Å². The molecule has 0 fully saturated rings. The van der Waals surface area contributed by atoms with Crippen LogP contribution in [0.3, 0.4) is 0 Å². The second-order valence-electron chi connectivity index (χ2n) is 4.34. The minimum atomic E-state index is -0.630. The zero-order valence-electron chi connectivity index (χ0n) is 11.2. The van der Waals surface area contributed by atoms with Crippen LogP contribution < -0.4 is 5.43 Å². The molecule has 6 heteroatoms. The molecule has 4 nitrogen and oxygen atoms in total. The monoisotopic (exact) mass is 312 g/mol. The molecule has 1 aromatic carbocycles. The van der Waals surface area contributed by atoms with Crippen LogP contribution in [0, 0.1) is 0 Å². The van der Waals surface area contributed by atoms with E-state index in [1.54, 1.807) is 0 Å². The molecule has 1 N–H and O–H groups in total. The molecule has 0 unspecified atom stereocenters. The highest BCUT2D eigenvalue weighted by Gasteiger charge is 2.37. The third-order valence-electron chi connectivity index (χ3n) is 3.20. The number of benzene rings is 1. The van der Waals surface area contributed by atoms with Crippen LogP contribution in [0.25, 0.3) is 0 Å². The van der Waals surface area contributed by atoms with E-state index < -0.39 is 11.8 Å². The van der Waals surface area contributed by atoms with E-state index in [1.807, 2.05) is 32.0 Å². The maximum Gasteiger partial charge on any atom is 0.292 e. The van der Waals surface area contributed by atoms with Gasteiger partial charge in [0.05, 0.1) is 5.69 Å². The lowest BCUT2D eigenvalue weighted by atomic mass is 10.0. The lowest BCUT2D eigenvalue weighted by molar-refractivity contribution is -0.135. The first kappa shape index (κ1) is 14.9. The summed E-state index contributed by atoms with van der Waals surface area (Å²) in [5.41, 5.74) is 5.66. The molecule has 106 valence electrons. The van der Waals surface area contributed by atoms with Gasteiger partial charge in [0.15, 0.2) is 0 Å². The van der Waals surface area contributed by atoms with E-state index in [-0.39, 0.29) is 10.1 Å². The van der Waals surface area contributed by atoms with Crippen LogP contribution in [0.5, 0.6) is 0 Å². The molecule has 2 rings (SSSR count). The van der Waals surface area contributed by atoms with Gasteiger partial charge in [-0.1, -0.05) is 55.2 Å². The fourth-order valence-electron chi connectivity index (χ4n) is 2.08. The van der Waals surface area contributed by atoms with Crippen LogP contribution in [0.2, 0.25) is 0 Å². The topological polar surface area (TPSA) is 49.4 Å². The van der Waals surface area contributed by atoms with Crippen molar-refractivity contribution < 1.29 is 9.59 Å². The lowest BCUT2D eigenvalue weighted by Gasteiger charge is -2.21. The average molecular weight is 313 g/mol. The van der Waals surface area contributed by atoms with Crippen molar-refractivity contribution in [3.63, 3.8) is 0 Å². The van der Waals surface area contributed by atoms with Crippen molar-refractivity contribution in [2.24, 2.45) is 0 Å². The molecule has 1 aliphatic heterocycles. The van der Waals surface area contributed by atoms with Gasteiger partial charge in [0.1, 0.15) is 10.1 Å². The second kappa shape index (κ2) is 5.85. The van der Waals surface area contributed by atoms with Gasteiger partial charge < -0.3 is 0 Å². The van der Waals surface area contributed by atoms with Gasteiger partial charge in [-0.05, 0) is 24.0 Å². The highest BCUT2D eigenvalue weighted by Crippen LogP contribution is 2.29. The van der Waals surface area contributed by atoms with Gasteiger partial charge in [-0.25, -0.2) is 0 Å². The Balaban J connectivity index is 2.37. The van der Waals surface area contributed by atoms with E-state index in [9.17, 15) is 9.59 Å². The number of hydrazine groups is 1. The molecule has 0 spiro atoms. The Labute approximate surface area is 127 Å². The first-order valence-corrected chi connectivity index (χ1v) is 7.08. The van der Waals surface area contributed by atoms with Crippen molar-refractivity contribution in [1.82, 2.24) is 5.01 Å². The molecule has 2 amide bonds. The van der Waals surface area contributed by atoms with Crippen LogP contribution in [0.4, 0.5) is 5.69 Å². The van der Waals surface area contributed by atoms with Crippen LogP contribution in [-0.2, 0) is 22.4 Å².